The minimum Gasteiger partial charge on any atom is -0.311 e. The van der Waals surface area contributed by atoms with Gasteiger partial charge in [-0.15, -0.1) is 4.28 Å². The normalized spacial score (nSPS) is 28.9. The van der Waals surface area contributed by atoms with Crippen LogP contribution in [0.15, 0.2) is 12.7 Å². The molecule has 0 radical (unpaired) electrons. The van der Waals surface area contributed by atoms with Crippen LogP contribution in [0.2, 0.25) is 0 Å². The quantitative estimate of drug-likeness (QED) is 0.310. The summed E-state index contributed by atoms with van der Waals surface area (Å²) in [5, 5.41) is 8.02. The lowest BCUT2D eigenvalue weighted by Gasteiger charge is -2.29. The summed E-state index contributed by atoms with van der Waals surface area (Å²) in [6.07, 6.45) is 4.68. The SMILES string of the molecule is O=C(NOC[C@@H]1C[C@@H](Cn2cncn2)CN1)[C@@H]1CC[C@@H]2CN1C(=O)N2OS(=O)(=O)O. The summed E-state index contributed by atoms with van der Waals surface area (Å²) < 4.78 is 36.8. The van der Waals surface area contributed by atoms with Crippen molar-refractivity contribution in [2.24, 2.45) is 5.92 Å². The largest absolute Gasteiger partial charge is 0.418 e. The van der Waals surface area contributed by atoms with Gasteiger partial charge in [-0.05, 0) is 25.2 Å². The minimum absolute atomic E-state index is 0.0710. The lowest BCUT2D eigenvalue weighted by atomic mass is 10.0. The van der Waals surface area contributed by atoms with Crippen LogP contribution in [0, 0.1) is 5.92 Å². The first-order chi connectivity index (χ1) is 14.3. The zero-order chi connectivity index (χ0) is 21.3. The second-order valence-corrected chi connectivity index (χ2v) is 8.62. The molecule has 3 amide bonds. The highest BCUT2D eigenvalue weighted by Gasteiger charge is 2.49. The second kappa shape index (κ2) is 8.43. The van der Waals surface area contributed by atoms with Gasteiger partial charge in [0.05, 0.1) is 12.6 Å². The van der Waals surface area contributed by atoms with E-state index in [0.717, 1.165) is 19.5 Å². The molecule has 4 atom stereocenters. The fraction of sp³-hybridized carbons (Fsp3) is 0.733. The molecule has 3 saturated heterocycles. The van der Waals surface area contributed by atoms with Crippen molar-refractivity contribution in [3.8, 4) is 0 Å². The van der Waals surface area contributed by atoms with Gasteiger partial charge in [0.2, 0.25) is 0 Å². The summed E-state index contributed by atoms with van der Waals surface area (Å²) in [4.78, 5) is 35.3. The van der Waals surface area contributed by atoms with Crippen molar-refractivity contribution in [3.05, 3.63) is 12.7 Å². The van der Waals surface area contributed by atoms with Gasteiger partial charge in [0, 0.05) is 25.7 Å². The molecule has 0 aromatic carbocycles. The highest BCUT2D eigenvalue weighted by molar-refractivity contribution is 7.80. The number of hydrogen-bond acceptors (Lipinski definition) is 9. The van der Waals surface area contributed by atoms with E-state index in [-0.39, 0.29) is 19.2 Å². The molecule has 4 rings (SSSR count). The molecule has 0 unspecified atom stereocenters. The molecule has 3 aliphatic heterocycles. The van der Waals surface area contributed by atoms with Gasteiger partial charge in [0.1, 0.15) is 18.7 Å². The van der Waals surface area contributed by atoms with E-state index in [1.807, 2.05) is 0 Å². The Balaban J connectivity index is 1.22. The molecule has 0 aliphatic carbocycles. The molecule has 4 heterocycles. The van der Waals surface area contributed by atoms with Crippen LogP contribution in [0.3, 0.4) is 0 Å². The topological polar surface area (TPSA) is 168 Å². The average molecular weight is 445 g/mol. The Labute approximate surface area is 172 Å². The predicted octanol–water partition coefficient (Wildman–Crippen LogP) is -1.69. The Morgan fingerprint density at radius 2 is 2.23 bits per heavy atom. The van der Waals surface area contributed by atoms with Crippen LogP contribution in [0.1, 0.15) is 19.3 Å². The van der Waals surface area contributed by atoms with Gasteiger partial charge in [0.25, 0.3) is 5.91 Å². The zero-order valence-electron chi connectivity index (χ0n) is 16.0. The van der Waals surface area contributed by atoms with Gasteiger partial charge in [-0.2, -0.15) is 18.6 Å². The molecular formula is C15H23N7O7S. The number of amides is 3. The van der Waals surface area contributed by atoms with Crippen molar-refractivity contribution in [2.75, 3.05) is 19.7 Å². The van der Waals surface area contributed by atoms with E-state index in [9.17, 15) is 18.0 Å². The Morgan fingerprint density at radius 3 is 2.97 bits per heavy atom. The van der Waals surface area contributed by atoms with Crippen molar-refractivity contribution in [3.63, 3.8) is 0 Å². The Kier molecular flexibility index (Phi) is 5.88. The number of aromatic nitrogens is 3. The smallest absolute Gasteiger partial charge is 0.311 e. The molecule has 3 N–H and O–H groups in total. The van der Waals surface area contributed by atoms with E-state index in [1.165, 1.54) is 11.2 Å². The summed E-state index contributed by atoms with van der Waals surface area (Å²) in [5.41, 5.74) is 2.38. The van der Waals surface area contributed by atoms with Gasteiger partial charge >= 0.3 is 16.4 Å². The van der Waals surface area contributed by atoms with Crippen molar-refractivity contribution in [2.45, 2.75) is 43.9 Å². The molecule has 3 fully saturated rings. The van der Waals surface area contributed by atoms with E-state index in [4.69, 9.17) is 9.39 Å². The van der Waals surface area contributed by atoms with Crippen LogP contribution >= 0.6 is 0 Å². The molecule has 30 heavy (non-hydrogen) atoms. The highest BCUT2D eigenvalue weighted by Crippen LogP contribution is 2.30. The third kappa shape index (κ3) is 4.70. The van der Waals surface area contributed by atoms with Gasteiger partial charge in [-0.3, -0.25) is 18.9 Å². The Bertz CT molecular complexity index is 880. The predicted molar refractivity (Wildman–Crippen MR) is 97.4 cm³/mol. The first kappa shape index (κ1) is 20.9. The van der Waals surface area contributed by atoms with Crippen molar-refractivity contribution in [1.82, 2.24) is 35.5 Å². The fourth-order valence-electron chi connectivity index (χ4n) is 4.15. The Morgan fingerprint density at radius 1 is 1.40 bits per heavy atom. The number of hydroxylamine groups is 3. The lowest BCUT2D eigenvalue weighted by Crippen LogP contribution is -2.50. The zero-order valence-corrected chi connectivity index (χ0v) is 16.8. The van der Waals surface area contributed by atoms with Gasteiger partial charge in [0.15, 0.2) is 0 Å². The number of fused-ring (bicyclic) bond motifs is 2. The maximum absolute atomic E-state index is 12.5. The lowest BCUT2D eigenvalue weighted by molar-refractivity contribution is -0.139. The summed E-state index contributed by atoms with van der Waals surface area (Å²) in [7, 11) is -4.82. The third-order valence-electron chi connectivity index (χ3n) is 5.48. The number of hydrogen-bond donors (Lipinski definition) is 3. The van der Waals surface area contributed by atoms with Crippen LogP contribution in [-0.2, 0) is 30.9 Å². The van der Waals surface area contributed by atoms with E-state index in [1.54, 1.807) is 11.0 Å². The molecule has 0 spiro atoms. The Hall–Kier alpha value is -2.33. The number of rotatable bonds is 8. The van der Waals surface area contributed by atoms with Gasteiger partial charge in [-0.1, -0.05) is 0 Å². The summed E-state index contributed by atoms with van der Waals surface area (Å²) in [5.74, 6) is -0.116. The molecule has 3 aliphatic rings. The van der Waals surface area contributed by atoms with Crippen LogP contribution < -0.4 is 10.8 Å². The first-order valence-corrected chi connectivity index (χ1v) is 10.9. The number of urea groups is 1. The average Bonchev–Trinajstić information content (AvgIpc) is 3.40. The standard InChI is InChI=1S/C15H23N7O7S/c23-14(13-2-1-12-6-21(13)15(24)22(12)29-30(25,26)27)19-28-7-11-3-10(4-17-11)5-20-9-16-8-18-20/h8-13,17H,1-7H2,(H,19,23)(H,25,26,27)/t10-,11+,12-,13+/m1/s1. The monoisotopic (exact) mass is 445 g/mol. The van der Waals surface area contributed by atoms with Crippen LogP contribution in [0.4, 0.5) is 4.79 Å². The first-order valence-electron chi connectivity index (χ1n) is 9.54. The minimum atomic E-state index is -4.82. The van der Waals surface area contributed by atoms with Gasteiger partial charge in [-0.25, -0.2) is 15.3 Å². The maximum Gasteiger partial charge on any atom is 0.418 e. The molecule has 1 aromatic heterocycles. The van der Waals surface area contributed by atoms with E-state index in [2.05, 4.69) is 25.2 Å². The van der Waals surface area contributed by atoms with E-state index >= 15 is 0 Å². The molecule has 0 saturated carbocycles. The molecule has 14 nitrogen and oxygen atoms in total. The number of carbonyl (C=O) groups excluding carboxylic acids is 2. The molecule has 15 heteroatoms. The molecule has 2 bridgehead atoms. The van der Waals surface area contributed by atoms with Crippen LogP contribution in [-0.4, -0.2) is 87.5 Å². The highest BCUT2D eigenvalue weighted by atomic mass is 32.3. The van der Waals surface area contributed by atoms with Gasteiger partial charge < -0.3 is 10.2 Å². The van der Waals surface area contributed by atoms with Crippen molar-refractivity contribution < 1.29 is 31.7 Å². The summed E-state index contributed by atoms with van der Waals surface area (Å²) in [6.45, 7) is 1.94. The van der Waals surface area contributed by atoms with Crippen molar-refractivity contribution in [1.29, 1.82) is 0 Å². The van der Waals surface area contributed by atoms with E-state index < -0.39 is 34.4 Å². The summed E-state index contributed by atoms with van der Waals surface area (Å²) in [6, 6.07) is -2.07. The maximum atomic E-state index is 12.5. The van der Waals surface area contributed by atoms with Crippen LogP contribution in [0.25, 0.3) is 0 Å². The number of nitrogens with zero attached hydrogens (tertiary/aromatic N) is 5. The number of nitrogens with one attached hydrogen (secondary N) is 2. The van der Waals surface area contributed by atoms with Crippen LogP contribution in [0.5, 0.6) is 0 Å². The third-order valence-corrected chi connectivity index (χ3v) is 5.83. The number of piperidine rings is 1. The molecular weight excluding hydrogens is 422 g/mol. The van der Waals surface area contributed by atoms with E-state index in [0.29, 0.717) is 23.8 Å². The molecule has 166 valence electrons. The number of carbonyl (C=O) groups is 2. The fourth-order valence-corrected chi connectivity index (χ4v) is 4.53. The van der Waals surface area contributed by atoms with Crippen molar-refractivity contribution >= 4 is 22.3 Å². The molecule has 1 aromatic rings. The second-order valence-electron chi connectivity index (χ2n) is 7.61. The summed E-state index contributed by atoms with van der Waals surface area (Å²) >= 11 is 0.